The molecule has 0 aromatic rings. The number of amidine groups is 1. The van der Waals surface area contributed by atoms with Gasteiger partial charge in [-0.15, -0.1) is 0 Å². The average Bonchev–Trinajstić information content (AvgIpc) is 3.06. The molecule has 1 heterocycles. The van der Waals surface area contributed by atoms with Crippen LogP contribution in [0, 0.1) is 0 Å². The lowest BCUT2D eigenvalue weighted by Gasteiger charge is -2.11. The molecule has 2 heteroatoms. The van der Waals surface area contributed by atoms with Crippen LogP contribution in [0.15, 0.2) is 12.2 Å². The maximum Gasteiger partial charge on any atom is 0.247 e. The number of hydrogen-bond acceptors (Lipinski definition) is 1. The smallest absolute Gasteiger partial charge is 0.247 e. The van der Waals surface area contributed by atoms with Gasteiger partial charge in [0.15, 0.2) is 0 Å². The lowest BCUT2D eigenvalue weighted by atomic mass is 10.1. The maximum atomic E-state index is 2.58. The topological polar surface area (TPSA) is 6.25 Å². The zero-order valence-electron chi connectivity index (χ0n) is 18.3. The van der Waals surface area contributed by atoms with E-state index in [1.165, 1.54) is 116 Å². The Morgan fingerprint density at radius 3 is 1.92 bits per heavy atom. The summed E-state index contributed by atoms with van der Waals surface area (Å²) in [6, 6.07) is 0. The zero-order chi connectivity index (χ0) is 18.9. The molecule has 0 saturated heterocycles. The minimum atomic E-state index is 1.18. The van der Waals surface area contributed by atoms with Crippen LogP contribution >= 0.6 is 0 Å². The third-order valence-corrected chi connectivity index (χ3v) is 5.80. The van der Waals surface area contributed by atoms with E-state index in [2.05, 4.69) is 42.4 Å². The van der Waals surface area contributed by atoms with E-state index in [-0.39, 0.29) is 0 Å². The Bertz CT molecular complexity index is 384. The minimum absolute atomic E-state index is 1.18. The number of nitrogens with zero attached hydrogens (tertiary/aromatic N) is 2. The fourth-order valence-electron chi connectivity index (χ4n) is 4.05. The highest BCUT2D eigenvalue weighted by Gasteiger charge is 2.27. The highest BCUT2D eigenvalue weighted by Crippen LogP contribution is 2.12. The highest BCUT2D eigenvalue weighted by atomic mass is 15.3. The molecule has 26 heavy (non-hydrogen) atoms. The molecule has 1 rings (SSSR count). The Hall–Kier alpha value is -0.790. The van der Waals surface area contributed by atoms with Gasteiger partial charge in [0.1, 0.15) is 13.1 Å². The summed E-state index contributed by atoms with van der Waals surface area (Å²) in [5.41, 5.74) is 0. The molecule has 0 radical (unpaired) electrons. The number of rotatable bonds is 17. The quantitative estimate of drug-likeness (QED) is 0.157. The van der Waals surface area contributed by atoms with Crippen molar-refractivity contribution in [1.29, 1.82) is 0 Å². The molecule has 152 valence electrons. The number of allylic oxidation sites excluding steroid dienone is 2. The predicted octanol–water partition coefficient (Wildman–Crippen LogP) is 6.79. The Balaban J connectivity index is 1.91. The van der Waals surface area contributed by atoms with Gasteiger partial charge >= 0.3 is 0 Å². The number of hydrogen-bond donors (Lipinski definition) is 0. The molecule has 0 bridgehead atoms. The molecule has 0 saturated carbocycles. The summed E-state index contributed by atoms with van der Waals surface area (Å²) in [7, 11) is 0. The van der Waals surface area contributed by atoms with Gasteiger partial charge in [-0.25, -0.2) is 0 Å². The molecule has 0 aliphatic carbocycles. The van der Waals surface area contributed by atoms with E-state index in [4.69, 9.17) is 0 Å². The fraction of sp³-hybridized carbons (Fsp3) is 0.875. The third-order valence-electron chi connectivity index (χ3n) is 5.80. The largest absolute Gasteiger partial charge is 0.262 e. The van der Waals surface area contributed by atoms with Gasteiger partial charge in [-0.2, -0.15) is 0 Å². The zero-order valence-corrected chi connectivity index (χ0v) is 18.3. The molecule has 0 aromatic heterocycles. The first-order chi connectivity index (χ1) is 12.8. The first-order valence-electron chi connectivity index (χ1n) is 11.8. The van der Waals surface area contributed by atoms with E-state index in [1.807, 2.05) is 0 Å². The molecule has 0 unspecified atom stereocenters. The van der Waals surface area contributed by atoms with Crippen molar-refractivity contribution in [3.63, 3.8) is 0 Å². The molecule has 1 aliphatic heterocycles. The second-order valence-corrected chi connectivity index (χ2v) is 7.91. The van der Waals surface area contributed by atoms with Crippen LogP contribution in [0.1, 0.15) is 111 Å². The Morgan fingerprint density at radius 1 is 0.769 bits per heavy atom. The Kier molecular flexibility index (Phi) is 14.7. The summed E-state index contributed by atoms with van der Waals surface area (Å²) in [6.45, 7) is 11.7. The van der Waals surface area contributed by atoms with Gasteiger partial charge < -0.3 is 0 Å². The second kappa shape index (κ2) is 16.4. The van der Waals surface area contributed by atoms with Gasteiger partial charge in [0, 0.05) is 6.42 Å². The normalized spacial score (nSPS) is 15.0. The van der Waals surface area contributed by atoms with Crippen molar-refractivity contribution in [3.05, 3.63) is 12.2 Å². The van der Waals surface area contributed by atoms with Crippen LogP contribution in [-0.4, -0.2) is 41.5 Å². The van der Waals surface area contributed by atoms with Crippen LogP contribution in [0.5, 0.6) is 0 Å². The molecule has 2 nitrogen and oxygen atoms in total. The highest BCUT2D eigenvalue weighted by molar-refractivity contribution is 5.78. The van der Waals surface area contributed by atoms with Crippen molar-refractivity contribution in [2.75, 3.05) is 26.2 Å². The first kappa shape index (κ1) is 23.2. The van der Waals surface area contributed by atoms with Crippen molar-refractivity contribution in [3.8, 4) is 0 Å². The van der Waals surface area contributed by atoms with Crippen molar-refractivity contribution in [1.82, 2.24) is 4.90 Å². The van der Waals surface area contributed by atoms with E-state index in [9.17, 15) is 0 Å². The molecular weight excluding hydrogens is 316 g/mol. The number of likely N-dealkylation sites (N-methyl/N-ethyl adjacent to an activating group) is 2. The number of unbranched alkanes of at least 4 members (excludes halogenated alkanes) is 11. The Labute approximate surface area is 164 Å². The van der Waals surface area contributed by atoms with E-state index in [0.29, 0.717) is 0 Å². The van der Waals surface area contributed by atoms with Crippen molar-refractivity contribution < 1.29 is 4.58 Å². The van der Waals surface area contributed by atoms with Crippen LogP contribution in [0.25, 0.3) is 0 Å². The van der Waals surface area contributed by atoms with Crippen LogP contribution in [0.4, 0.5) is 0 Å². The summed E-state index contributed by atoms with van der Waals surface area (Å²) in [4.78, 5) is 2.58. The van der Waals surface area contributed by atoms with E-state index in [0.717, 1.165) is 0 Å². The van der Waals surface area contributed by atoms with Crippen LogP contribution in [0.3, 0.4) is 0 Å². The molecule has 0 spiro atoms. The summed E-state index contributed by atoms with van der Waals surface area (Å²) in [5, 5.41) is 0. The summed E-state index contributed by atoms with van der Waals surface area (Å²) < 4.78 is 2.58. The van der Waals surface area contributed by atoms with Gasteiger partial charge in [0.2, 0.25) is 5.84 Å². The monoisotopic (exact) mass is 363 g/mol. The van der Waals surface area contributed by atoms with Crippen LogP contribution in [0.2, 0.25) is 0 Å². The molecule has 1 aliphatic rings. The molecule has 0 amide bonds. The van der Waals surface area contributed by atoms with Gasteiger partial charge in [-0.05, 0) is 46.0 Å². The van der Waals surface area contributed by atoms with E-state index < -0.39 is 0 Å². The van der Waals surface area contributed by atoms with E-state index >= 15 is 0 Å². The summed E-state index contributed by atoms with van der Waals surface area (Å²) in [5.74, 6) is 1.62. The maximum absolute atomic E-state index is 2.58. The van der Waals surface area contributed by atoms with Gasteiger partial charge in [0.25, 0.3) is 0 Å². The third kappa shape index (κ3) is 10.4. The fourth-order valence-corrected chi connectivity index (χ4v) is 4.05. The van der Waals surface area contributed by atoms with Gasteiger partial charge in [0.05, 0.1) is 13.1 Å². The summed E-state index contributed by atoms with van der Waals surface area (Å²) >= 11 is 0. The van der Waals surface area contributed by atoms with Crippen LogP contribution < -0.4 is 0 Å². The first-order valence-corrected chi connectivity index (χ1v) is 11.8. The molecular formula is C24H47N2+. The predicted molar refractivity (Wildman–Crippen MR) is 117 cm³/mol. The Morgan fingerprint density at radius 2 is 1.35 bits per heavy atom. The van der Waals surface area contributed by atoms with E-state index in [1.54, 1.807) is 5.84 Å². The van der Waals surface area contributed by atoms with Crippen LogP contribution in [-0.2, 0) is 0 Å². The van der Waals surface area contributed by atoms with Crippen molar-refractivity contribution >= 4 is 5.84 Å². The van der Waals surface area contributed by atoms with Gasteiger partial charge in [-0.1, -0.05) is 70.4 Å². The average molecular weight is 364 g/mol. The van der Waals surface area contributed by atoms with Crippen molar-refractivity contribution in [2.45, 2.75) is 111 Å². The molecule has 0 N–H and O–H groups in total. The van der Waals surface area contributed by atoms with Crippen molar-refractivity contribution in [2.24, 2.45) is 0 Å². The minimum Gasteiger partial charge on any atom is -0.262 e. The molecule has 0 fully saturated rings. The molecule has 0 atom stereocenters. The standard InChI is InChI=1S/C24H47N2/c1-4-7-8-9-10-11-12-13-14-15-16-17-18-19-20-21-24-25(5-2)22-23-26(24)6-3/h13-14H,4-12,15-23H2,1-3H3/q+1. The lowest BCUT2D eigenvalue weighted by Crippen LogP contribution is -2.29. The lowest BCUT2D eigenvalue weighted by molar-refractivity contribution is -0.515. The SMILES string of the molecule is CCCCCCCCC=CCCCCCCCC1=[N+](CC)CCN1CC. The molecule has 0 aromatic carbocycles. The summed E-state index contributed by atoms with van der Waals surface area (Å²) in [6.07, 6.45) is 24.2. The second-order valence-electron chi connectivity index (χ2n) is 7.91. The van der Waals surface area contributed by atoms with Gasteiger partial charge in [-0.3, -0.25) is 9.48 Å².